The number of hydrogen-bond donors (Lipinski definition) is 0. The molecule has 1 aliphatic heterocycles. The van der Waals surface area contributed by atoms with Gasteiger partial charge in [0.15, 0.2) is 6.29 Å². The summed E-state index contributed by atoms with van der Waals surface area (Å²) in [6.45, 7) is 4.99. The highest BCUT2D eigenvalue weighted by Gasteiger charge is 2.34. The van der Waals surface area contributed by atoms with E-state index in [-0.39, 0.29) is 6.29 Å². The Labute approximate surface area is 224 Å². The lowest BCUT2D eigenvalue weighted by atomic mass is 9.64. The van der Waals surface area contributed by atoms with Crippen LogP contribution >= 0.6 is 0 Å². The Morgan fingerprint density at radius 1 is 0.703 bits per heavy atom. The Kier molecular flexibility index (Phi) is 12.4. The van der Waals surface area contributed by atoms with E-state index in [1.807, 2.05) is 19.1 Å². The molecule has 5 heteroatoms. The van der Waals surface area contributed by atoms with E-state index in [2.05, 4.69) is 0 Å². The van der Waals surface area contributed by atoms with E-state index >= 15 is 0 Å². The Morgan fingerprint density at radius 3 is 1.70 bits per heavy atom. The second-order valence-electron chi connectivity index (χ2n) is 12.5. The first-order valence-electron chi connectivity index (χ1n) is 15.6. The Balaban J connectivity index is 1.05. The molecule has 1 heterocycles. The van der Waals surface area contributed by atoms with Crippen LogP contribution in [-0.2, 0) is 14.2 Å². The summed E-state index contributed by atoms with van der Waals surface area (Å²) in [5.74, 6) is 5.61. The van der Waals surface area contributed by atoms with Crippen LogP contribution in [0.25, 0.3) is 0 Å². The number of halogens is 2. The minimum absolute atomic E-state index is 0.201. The third kappa shape index (κ3) is 9.72. The van der Waals surface area contributed by atoms with Crippen molar-refractivity contribution < 1.29 is 23.0 Å². The van der Waals surface area contributed by atoms with E-state index in [9.17, 15) is 8.78 Å². The second kappa shape index (κ2) is 15.7. The fraction of sp³-hybridized carbons (Fsp3) is 0.875. The molecule has 4 rings (SSSR count). The zero-order chi connectivity index (χ0) is 25.9. The lowest BCUT2D eigenvalue weighted by Gasteiger charge is -2.41. The van der Waals surface area contributed by atoms with Gasteiger partial charge in [0.25, 0.3) is 6.08 Å². The van der Waals surface area contributed by atoms with E-state index in [1.165, 1.54) is 77.0 Å². The topological polar surface area (TPSA) is 27.7 Å². The first kappa shape index (κ1) is 29.2. The summed E-state index contributed by atoms with van der Waals surface area (Å²) in [7, 11) is 0. The molecular weight excluding hydrogens is 470 g/mol. The van der Waals surface area contributed by atoms with Gasteiger partial charge in [-0.15, -0.1) is 0 Å². The molecule has 0 unspecified atom stereocenters. The number of allylic oxidation sites excluding steroid dienone is 1. The van der Waals surface area contributed by atoms with Gasteiger partial charge in [-0.05, 0) is 132 Å². The van der Waals surface area contributed by atoms with Gasteiger partial charge in [-0.1, -0.05) is 25.3 Å². The van der Waals surface area contributed by atoms with E-state index < -0.39 is 6.08 Å². The fourth-order valence-electron chi connectivity index (χ4n) is 7.85. The second-order valence-corrected chi connectivity index (χ2v) is 12.5. The molecule has 0 bridgehead atoms. The number of rotatable bonds is 11. The molecular formula is C32H52F2O3. The largest absolute Gasteiger partial charge is 0.378 e. The van der Waals surface area contributed by atoms with Crippen LogP contribution < -0.4 is 0 Å². The minimum Gasteiger partial charge on any atom is -0.378 e. The van der Waals surface area contributed by atoms with Crippen LogP contribution in [0.1, 0.15) is 103 Å². The highest BCUT2D eigenvalue weighted by atomic mass is 19.3. The molecule has 3 aliphatic carbocycles. The fourth-order valence-corrected chi connectivity index (χ4v) is 7.85. The van der Waals surface area contributed by atoms with Gasteiger partial charge in [-0.25, -0.2) is 0 Å². The normalized spacial score (nSPS) is 37.5. The first-order chi connectivity index (χ1) is 18.1. The van der Waals surface area contributed by atoms with Crippen molar-refractivity contribution in [1.82, 2.24) is 0 Å². The average molecular weight is 523 g/mol. The molecule has 0 aromatic carbocycles. The zero-order valence-corrected chi connectivity index (χ0v) is 23.3. The molecule has 3 saturated carbocycles. The van der Waals surface area contributed by atoms with Crippen molar-refractivity contribution in [1.29, 1.82) is 0 Å². The van der Waals surface area contributed by atoms with E-state index in [4.69, 9.17) is 14.2 Å². The molecule has 4 fully saturated rings. The molecule has 0 radical (unpaired) electrons. The molecule has 37 heavy (non-hydrogen) atoms. The lowest BCUT2D eigenvalue weighted by molar-refractivity contribution is -0.176. The van der Waals surface area contributed by atoms with Gasteiger partial charge in [0.2, 0.25) is 0 Å². The predicted molar refractivity (Wildman–Crippen MR) is 145 cm³/mol. The molecule has 212 valence electrons. The third-order valence-corrected chi connectivity index (χ3v) is 10.2. The summed E-state index contributed by atoms with van der Waals surface area (Å²) in [6.07, 6.45) is 22.8. The molecule has 4 aliphatic rings. The summed E-state index contributed by atoms with van der Waals surface area (Å²) < 4.78 is 41.9. The minimum atomic E-state index is -1.50. The molecule has 1 saturated heterocycles. The maximum Gasteiger partial charge on any atom is 0.266 e. The number of ether oxygens (including phenoxy) is 3. The van der Waals surface area contributed by atoms with Gasteiger partial charge in [0.1, 0.15) is 0 Å². The highest BCUT2D eigenvalue weighted by molar-refractivity contribution is 4.89. The quantitative estimate of drug-likeness (QED) is 0.200. The van der Waals surface area contributed by atoms with Crippen molar-refractivity contribution in [2.45, 2.75) is 110 Å². The molecule has 0 spiro atoms. The predicted octanol–water partition coefficient (Wildman–Crippen LogP) is 8.94. The summed E-state index contributed by atoms with van der Waals surface area (Å²) >= 11 is 0. The zero-order valence-electron chi connectivity index (χ0n) is 23.3. The van der Waals surface area contributed by atoms with Gasteiger partial charge in [0.05, 0.1) is 19.8 Å². The van der Waals surface area contributed by atoms with Crippen LogP contribution in [0.5, 0.6) is 0 Å². The SMILES string of the molecule is CCOC/C=C/C1OCC(CCC2CCC(C3CCC(C4CCC(CC=C(F)F)CC4)CC3)CC2)CO1. The molecule has 0 atom stereocenters. The summed E-state index contributed by atoms with van der Waals surface area (Å²) in [5, 5.41) is 0. The van der Waals surface area contributed by atoms with E-state index in [1.54, 1.807) is 0 Å². The van der Waals surface area contributed by atoms with Gasteiger partial charge >= 0.3 is 0 Å². The van der Waals surface area contributed by atoms with Gasteiger partial charge in [-0.2, -0.15) is 8.78 Å². The Bertz CT molecular complexity index is 674. The highest BCUT2D eigenvalue weighted by Crippen LogP contribution is 2.46. The molecule has 0 aromatic rings. The summed E-state index contributed by atoms with van der Waals surface area (Å²) in [5.41, 5.74) is 0. The van der Waals surface area contributed by atoms with Crippen LogP contribution in [0.15, 0.2) is 24.3 Å². The Morgan fingerprint density at radius 2 is 1.19 bits per heavy atom. The van der Waals surface area contributed by atoms with Crippen molar-refractivity contribution >= 4 is 0 Å². The summed E-state index contributed by atoms with van der Waals surface area (Å²) in [4.78, 5) is 0. The standard InChI is InChI=1S/C32H52F2O3/c1-2-35-21-3-4-32-36-22-26(23-37-32)6-5-24-7-12-27(13-8-24)29-16-18-30(19-17-29)28-14-9-25(10-15-28)11-20-31(33)34/h3-4,20,24-30,32H,2,5-19,21-23H2,1H3/b4-3+. The van der Waals surface area contributed by atoms with E-state index in [0.29, 0.717) is 24.9 Å². The summed E-state index contributed by atoms with van der Waals surface area (Å²) in [6, 6.07) is 0. The van der Waals surface area contributed by atoms with Crippen LogP contribution in [0.3, 0.4) is 0 Å². The van der Waals surface area contributed by atoms with Crippen LogP contribution in [0, 0.1) is 41.4 Å². The third-order valence-electron chi connectivity index (χ3n) is 10.2. The first-order valence-corrected chi connectivity index (χ1v) is 15.6. The lowest BCUT2D eigenvalue weighted by Crippen LogP contribution is -2.32. The van der Waals surface area contributed by atoms with Gasteiger partial charge in [0, 0.05) is 12.5 Å². The van der Waals surface area contributed by atoms with Crippen molar-refractivity contribution in [3.05, 3.63) is 24.3 Å². The van der Waals surface area contributed by atoms with Crippen molar-refractivity contribution in [3.63, 3.8) is 0 Å². The van der Waals surface area contributed by atoms with Crippen molar-refractivity contribution in [3.8, 4) is 0 Å². The maximum absolute atomic E-state index is 12.4. The van der Waals surface area contributed by atoms with Crippen molar-refractivity contribution in [2.75, 3.05) is 26.4 Å². The molecule has 0 aromatic heterocycles. The monoisotopic (exact) mass is 522 g/mol. The van der Waals surface area contributed by atoms with Crippen LogP contribution in [0.2, 0.25) is 0 Å². The Hall–Kier alpha value is -0.780. The number of hydrogen-bond acceptors (Lipinski definition) is 3. The smallest absolute Gasteiger partial charge is 0.266 e. The molecule has 0 N–H and O–H groups in total. The van der Waals surface area contributed by atoms with Gasteiger partial charge < -0.3 is 14.2 Å². The maximum atomic E-state index is 12.4. The molecule has 0 amide bonds. The van der Waals surface area contributed by atoms with Gasteiger partial charge in [-0.3, -0.25) is 0 Å². The average Bonchev–Trinajstić information content (AvgIpc) is 2.94. The van der Waals surface area contributed by atoms with Crippen LogP contribution in [0.4, 0.5) is 8.78 Å². The van der Waals surface area contributed by atoms with Crippen molar-refractivity contribution in [2.24, 2.45) is 41.4 Å². The molecule has 3 nitrogen and oxygen atoms in total. The van der Waals surface area contributed by atoms with E-state index in [0.717, 1.165) is 68.3 Å². The van der Waals surface area contributed by atoms with Crippen LogP contribution in [-0.4, -0.2) is 32.7 Å².